The number of thioether (sulfide) groups is 2. The minimum absolute atomic E-state index is 0.0952. The number of anilines is 1. The Balaban J connectivity index is 1.74. The molecule has 0 aromatic carbocycles. The first-order chi connectivity index (χ1) is 12.2. The highest BCUT2D eigenvalue weighted by molar-refractivity contribution is 8.39. The van der Waals surface area contributed by atoms with Crippen molar-refractivity contribution in [2.24, 2.45) is 4.99 Å². The molecule has 0 radical (unpaired) electrons. The normalized spacial score (nSPS) is 16.8. The first-order valence-corrected chi connectivity index (χ1v) is 11.4. The van der Waals surface area contributed by atoms with Crippen LogP contribution in [-0.2, 0) is 22.4 Å². The zero-order chi connectivity index (χ0) is 17.6. The van der Waals surface area contributed by atoms with Gasteiger partial charge in [-0.1, -0.05) is 29.9 Å². The maximum absolute atomic E-state index is 12.5. The van der Waals surface area contributed by atoms with E-state index < -0.39 is 0 Å². The van der Waals surface area contributed by atoms with Gasteiger partial charge in [-0.3, -0.25) is 9.79 Å². The number of aliphatic imine (C=N–C) groups is 1. The summed E-state index contributed by atoms with van der Waals surface area (Å²) >= 11 is 4.69. The lowest BCUT2D eigenvalue weighted by atomic mass is 10.1. The first kappa shape index (κ1) is 18.8. The molecule has 3 rings (SSSR count). The molecular weight excluding hydrogens is 376 g/mol. The molecule has 0 bridgehead atoms. The summed E-state index contributed by atoms with van der Waals surface area (Å²) in [5.74, 6) is 0.897. The van der Waals surface area contributed by atoms with Gasteiger partial charge in [-0.25, -0.2) is 4.79 Å². The van der Waals surface area contributed by atoms with Crippen molar-refractivity contribution in [2.75, 3.05) is 30.0 Å². The van der Waals surface area contributed by atoms with Crippen LogP contribution in [0.2, 0.25) is 0 Å². The number of ether oxygens (including phenoxy) is 1. The molecule has 0 spiro atoms. The molecule has 2 heterocycles. The van der Waals surface area contributed by atoms with Crippen molar-refractivity contribution in [1.82, 2.24) is 0 Å². The van der Waals surface area contributed by atoms with E-state index in [9.17, 15) is 9.59 Å². The molecule has 1 aliphatic heterocycles. The summed E-state index contributed by atoms with van der Waals surface area (Å²) in [5, 5.41) is 3.60. The highest BCUT2D eigenvalue weighted by Crippen LogP contribution is 2.38. The highest BCUT2D eigenvalue weighted by Gasteiger charge is 2.26. The molecule has 5 nitrogen and oxygen atoms in total. The van der Waals surface area contributed by atoms with Gasteiger partial charge in [0.1, 0.15) is 9.38 Å². The van der Waals surface area contributed by atoms with Crippen LogP contribution in [0, 0.1) is 0 Å². The van der Waals surface area contributed by atoms with Crippen LogP contribution in [0.15, 0.2) is 4.99 Å². The topological polar surface area (TPSA) is 67.8 Å². The van der Waals surface area contributed by atoms with E-state index in [0.29, 0.717) is 22.9 Å². The van der Waals surface area contributed by atoms with Gasteiger partial charge in [-0.2, -0.15) is 0 Å². The zero-order valence-electron chi connectivity index (χ0n) is 14.3. The second kappa shape index (κ2) is 9.09. The summed E-state index contributed by atoms with van der Waals surface area (Å²) in [7, 11) is 0. The SMILES string of the molecule is CCOC(=O)c1c(NC(=O)CSC2=NCCS2)sc2c1CCCCC2. The minimum Gasteiger partial charge on any atom is -0.462 e. The van der Waals surface area contributed by atoms with Crippen molar-refractivity contribution in [2.45, 2.75) is 39.0 Å². The average Bonchev–Trinajstić information content (AvgIpc) is 3.16. The molecular formula is C17H22N2O3S3. The van der Waals surface area contributed by atoms with Crippen LogP contribution in [0.5, 0.6) is 0 Å². The van der Waals surface area contributed by atoms with E-state index in [4.69, 9.17) is 4.74 Å². The van der Waals surface area contributed by atoms with Gasteiger partial charge in [0.05, 0.1) is 24.5 Å². The summed E-state index contributed by atoms with van der Waals surface area (Å²) in [6.45, 7) is 2.97. The third-order valence-corrected chi connectivity index (χ3v) is 7.50. The monoisotopic (exact) mass is 398 g/mol. The maximum atomic E-state index is 12.5. The highest BCUT2D eigenvalue weighted by atomic mass is 32.2. The van der Waals surface area contributed by atoms with Gasteiger partial charge in [-0.15, -0.1) is 11.3 Å². The van der Waals surface area contributed by atoms with Crippen LogP contribution in [0.4, 0.5) is 5.00 Å². The van der Waals surface area contributed by atoms with E-state index in [2.05, 4.69) is 10.3 Å². The molecule has 1 amide bonds. The molecule has 8 heteroatoms. The van der Waals surface area contributed by atoms with E-state index in [1.807, 2.05) is 0 Å². The van der Waals surface area contributed by atoms with Gasteiger partial charge in [0.2, 0.25) is 5.91 Å². The van der Waals surface area contributed by atoms with E-state index in [1.165, 1.54) is 34.4 Å². The summed E-state index contributed by atoms with van der Waals surface area (Å²) < 4.78 is 6.22. The number of nitrogens with zero attached hydrogens (tertiary/aromatic N) is 1. The van der Waals surface area contributed by atoms with E-state index in [-0.39, 0.29) is 11.9 Å². The Morgan fingerprint density at radius 1 is 1.28 bits per heavy atom. The Morgan fingerprint density at radius 3 is 2.88 bits per heavy atom. The molecule has 1 aliphatic carbocycles. The van der Waals surface area contributed by atoms with Crippen LogP contribution in [0.25, 0.3) is 0 Å². The number of hydrogen-bond acceptors (Lipinski definition) is 7. The molecule has 2 aliphatic rings. The Kier molecular flexibility index (Phi) is 6.84. The molecule has 0 fully saturated rings. The quantitative estimate of drug-likeness (QED) is 0.600. The fourth-order valence-corrected chi connectivity index (χ4v) is 6.05. The molecule has 0 saturated heterocycles. The number of carbonyl (C=O) groups is 2. The van der Waals surface area contributed by atoms with Crippen molar-refractivity contribution in [3.8, 4) is 0 Å². The molecule has 1 aromatic heterocycles. The van der Waals surface area contributed by atoms with Crippen molar-refractivity contribution in [3.05, 3.63) is 16.0 Å². The Bertz CT molecular complexity index is 685. The van der Waals surface area contributed by atoms with Crippen molar-refractivity contribution in [1.29, 1.82) is 0 Å². The summed E-state index contributed by atoms with van der Waals surface area (Å²) in [6, 6.07) is 0. The molecule has 0 atom stereocenters. The maximum Gasteiger partial charge on any atom is 0.341 e. The Hall–Kier alpha value is -0.990. The number of nitrogens with one attached hydrogen (secondary N) is 1. The first-order valence-electron chi connectivity index (χ1n) is 8.60. The third-order valence-electron chi connectivity index (χ3n) is 4.04. The number of esters is 1. The van der Waals surface area contributed by atoms with Gasteiger partial charge in [0.15, 0.2) is 0 Å². The van der Waals surface area contributed by atoms with Crippen molar-refractivity contribution >= 4 is 56.1 Å². The van der Waals surface area contributed by atoms with Crippen LogP contribution < -0.4 is 5.32 Å². The summed E-state index contributed by atoms with van der Waals surface area (Å²) in [4.78, 5) is 30.4. The standard InChI is InChI=1S/C17H22N2O3S3/c1-2-22-16(21)14-11-6-4-3-5-7-12(11)25-15(14)19-13(20)10-24-17-18-8-9-23-17/h2-10H2,1H3,(H,19,20). The smallest absolute Gasteiger partial charge is 0.341 e. The molecule has 1 N–H and O–H groups in total. The van der Waals surface area contributed by atoms with E-state index >= 15 is 0 Å². The number of rotatable bonds is 5. The predicted octanol–water partition coefficient (Wildman–Crippen LogP) is 3.97. The van der Waals surface area contributed by atoms with Gasteiger partial charge >= 0.3 is 5.97 Å². The number of carbonyl (C=O) groups excluding carboxylic acids is 2. The van der Waals surface area contributed by atoms with Crippen LogP contribution in [0.3, 0.4) is 0 Å². The second-order valence-corrected chi connectivity index (χ2v) is 9.23. The summed E-state index contributed by atoms with van der Waals surface area (Å²) in [5.41, 5.74) is 1.66. The van der Waals surface area contributed by atoms with Crippen LogP contribution in [0.1, 0.15) is 47.0 Å². The van der Waals surface area contributed by atoms with Crippen molar-refractivity contribution < 1.29 is 14.3 Å². The fraction of sp³-hybridized carbons (Fsp3) is 0.588. The lowest BCUT2D eigenvalue weighted by Gasteiger charge is -2.08. The minimum atomic E-state index is -0.319. The van der Waals surface area contributed by atoms with Crippen molar-refractivity contribution in [3.63, 3.8) is 0 Å². The Labute approximate surface area is 160 Å². The van der Waals surface area contributed by atoms with Crippen LogP contribution in [-0.4, -0.2) is 40.9 Å². The molecule has 1 aromatic rings. The largest absolute Gasteiger partial charge is 0.462 e. The van der Waals surface area contributed by atoms with E-state index in [0.717, 1.165) is 47.9 Å². The van der Waals surface area contributed by atoms with Crippen LogP contribution >= 0.6 is 34.9 Å². The molecule has 136 valence electrons. The summed E-state index contributed by atoms with van der Waals surface area (Å²) in [6.07, 6.45) is 5.26. The zero-order valence-corrected chi connectivity index (χ0v) is 16.7. The predicted molar refractivity (Wildman–Crippen MR) is 107 cm³/mol. The lowest BCUT2D eigenvalue weighted by molar-refractivity contribution is -0.113. The molecule has 0 unspecified atom stereocenters. The van der Waals surface area contributed by atoms with Gasteiger partial charge in [0, 0.05) is 10.6 Å². The lowest BCUT2D eigenvalue weighted by Crippen LogP contribution is -2.17. The average molecular weight is 399 g/mol. The van der Waals surface area contributed by atoms with Gasteiger partial charge < -0.3 is 10.1 Å². The second-order valence-electron chi connectivity index (χ2n) is 5.82. The number of fused-ring (bicyclic) bond motifs is 1. The third kappa shape index (κ3) is 4.80. The van der Waals surface area contributed by atoms with E-state index in [1.54, 1.807) is 18.7 Å². The fourth-order valence-electron chi connectivity index (χ4n) is 2.94. The number of amides is 1. The number of thiophene rings is 1. The number of hydrogen-bond donors (Lipinski definition) is 1. The molecule has 0 saturated carbocycles. The molecule has 25 heavy (non-hydrogen) atoms. The van der Waals surface area contributed by atoms with Gasteiger partial charge in [-0.05, 0) is 38.2 Å². The van der Waals surface area contributed by atoms with Gasteiger partial charge in [0.25, 0.3) is 0 Å². The number of aryl methyl sites for hydroxylation is 1. The Morgan fingerprint density at radius 2 is 2.12 bits per heavy atom.